The van der Waals surface area contributed by atoms with Gasteiger partial charge in [-0.3, -0.25) is 4.79 Å². The molecule has 0 unspecified atom stereocenters. The summed E-state index contributed by atoms with van der Waals surface area (Å²) in [6.07, 6.45) is 0.923. The van der Waals surface area contributed by atoms with Crippen LogP contribution in [0.15, 0.2) is 42.1 Å². The lowest BCUT2D eigenvalue weighted by Crippen LogP contribution is -2.28. The third-order valence-corrected chi connectivity index (χ3v) is 1.90. The molecule has 0 radical (unpaired) electrons. The number of amides is 1. The van der Waals surface area contributed by atoms with Gasteiger partial charge in [0.2, 0.25) is 0 Å². The van der Waals surface area contributed by atoms with Crippen LogP contribution in [0.3, 0.4) is 0 Å². The van der Waals surface area contributed by atoms with Crippen molar-refractivity contribution >= 4 is 11.9 Å². The van der Waals surface area contributed by atoms with E-state index in [1.54, 1.807) is 36.4 Å². The number of rotatable bonds is 3. The summed E-state index contributed by atoms with van der Waals surface area (Å²) in [4.78, 5) is 22.9. The molecule has 5 heteroatoms. The first-order valence-corrected chi connectivity index (χ1v) is 4.73. The van der Waals surface area contributed by atoms with Crippen molar-refractivity contribution in [2.75, 3.05) is 7.11 Å². The average molecular weight is 230 g/mol. The van der Waals surface area contributed by atoms with E-state index in [1.807, 2.05) is 0 Å². The molecule has 0 saturated heterocycles. The van der Waals surface area contributed by atoms with Crippen LogP contribution in [0.1, 0.15) is 10.4 Å². The molecular weight excluding hydrogens is 220 g/mol. The highest BCUT2D eigenvalue weighted by Gasteiger charge is 2.13. The first kappa shape index (κ1) is 12.5. The predicted molar refractivity (Wildman–Crippen MR) is 59.6 cm³/mol. The highest BCUT2D eigenvalue weighted by molar-refractivity contribution is 6.01. The summed E-state index contributed by atoms with van der Waals surface area (Å²) in [5.74, 6) is -1.24. The van der Waals surface area contributed by atoms with Gasteiger partial charge in [-0.2, -0.15) is 5.26 Å². The third kappa shape index (κ3) is 3.47. The molecule has 0 saturated carbocycles. The zero-order valence-electron chi connectivity index (χ0n) is 9.14. The molecule has 17 heavy (non-hydrogen) atoms. The molecule has 1 aromatic carbocycles. The van der Waals surface area contributed by atoms with Crippen molar-refractivity contribution in [1.82, 2.24) is 5.32 Å². The second-order valence-electron chi connectivity index (χ2n) is 3.00. The van der Waals surface area contributed by atoms with Gasteiger partial charge in [0.1, 0.15) is 5.70 Å². The molecule has 0 aliphatic carbocycles. The van der Waals surface area contributed by atoms with Crippen molar-refractivity contribution in [2.45, 2.75) is 0 Å². The maximum Gasteiger partial charge on any atom is 0.355 e. The minimum absolute atomic E-state index is 0.191. The van der Waals surface area contributed by atoms with Gasteiger partial charge >= 0.3 is 5.97 Å². The van der Waals surface area contributed by atoms with E-state index < -0.39 is 11.9 Å². The Hall–Kier alpha value is -2.61. The number of methoxy groups -OCH3 is 1. The van der Waals surface area contributed by atoms with E-state index in [2.05, 4.69) is 10.1 Å². The van der Waals surface area contributed by atoms with Gasteiger partial charge < -0.3 is 10.1 Å². The molecule has 0 fully saturated rings. The molecule has 0 aromatic heterocycles. The van der Waals surface area contributed by atoms with Gasteiger partial charge in [-0.05, 0) is 12.1 Å². The summed E-state index contributed by atoms with van der Waals surface area (Å²) in [5.41, 5.74) is 0.198. The molecule has 86 valence electrons. The van der Waals surface area contributed by atoms with E-state index in [0.717, 1.165) is 6.08 Å². The molecular formula is C12H10N2O3. The zero-order chi connectivity index (χ0) is 12.7. The lowest BCUT2D eigenvalue weighted by Gasteiger charge is -2.06. The Labute approximate surface area is 98.3 Å². The first-order chi connectivity index (χ1) is 8.19. The van der Waals surface area contributed by atoms with Gasteiger partial charge in [0, 0.05) is 11.6 Å². The number of carbonyl (C=O) groups is 2. The maximum atomic E-state index is 11.7. The predicted octanol–water partition coefficient (Wildman–Crippen LogP) is 0.997. The van der Waals surface area contributed by atoms with E-state index in [0.29, 0.717) is 5.56 Å². The number of benzene rings is 1. The van der Waals surface area contributed by atoms with Crippen LogP contribution < -0.4 is 5.32 Å². The number of carbonyl (C=O) groups excluding carboxylic acids is 2. The molecule has 1 N–H and O–H groups in total. The molecule has 1 amide bonds. The van der Waals surface area contributed by atoms with Gasteiger partial charge in [-0.1, -0.05) is 18.2 Å². The third-order valence-electron chi connectivity index (χ3n) is 1.90. The Balaban J connectivity index is 2.83. The van der Waals surface area contributed by atoms with Crippen LogP contribution >= 0.6 is 0 Å². The molecule has 0 aliphatic rings. The van der Waals surface area contributed by atoms with E-state index in [1.165, 1.54) is 7.11 Å². The van der Waals surface area contributed by atoms with Crippen LogP contribution in [-0.4, -0.2) is 19.0 Å². The van der Waals surface area contributed by atoms with Crippen molar-refractivity contribution in [3.05, 3.63) is 47.7 Å². The number of nitrogens with one attached hydrogen (secondary N) is 1. The second kappa shape index (κ2) is 6.08. The van der Waals surface area contributed by atoms with Crippen molar-refractivity contribution < 1.29 is 14.3 Å². The van der Waals surface area contributed by atoms with E-state index in [-0.39, 0.29) is 5.70 Å². The minimum atomic E-state index is -0.768. The lowest BCUT2D eigenvalue weighted by atomic mass is 10.2. The number of ether oxygens (including phenoxy) is 1. The Morgan fingerprint density at radius 3 is 2.53 bits per heavy atom. The molecule has 0 heterocycles. The molecule has 1 rings (SSSR count). The standard InChI is InChI=1S/C12H10N2O3/c1-17-12(16)10(7-8-13)14-11(15)9-5-3-2-4-6-9/h2-7H,1H3,(H,14,15)/b10-7+. The molecule has 0 aliphatic heterocycles. The number of nitriles is 1. The molecule has 1 aromatic rings. The Bertz CT molecular complexity index is 486. The van der Waals surface area contributed by atoms with E-state index in [9.17, 15) is 9.59 Å². The molecule has 5 nitrogen and oxygen atoms in total. The number of hydrogen-bond acceptors (Lipinski definition) is 4. The van der Waals surface area contributed by atoms with Crippen LogP contribution in [0.4, 0.5) is 0 Å². The summed E-state index contributed by atoms with van der Waals surface area (Å²) in [6, 6.07) is 10.0. The smallest absolute Gasteiger partial charge is 0.355 e. The summed E-state index contributed by atoms with van der Waals surface area (Å²) in [6.45, 7) is 0. The molecule has 0 atom stereocenters. The first-order valence-electron chi connectivity index (χ1n) is 4.73. The summed E-state index contributed by atoms with van der Waals surface area (Å²) >= 11 is 0. The van der Waals surface area contributed by atoms with Crippen molar-refractivity contribution in [3.8, 4) is 6.07 Å². The Kier molecular flexibility index (Phi) is 4.45. The molecule has 0 spiro atoms. The van der Waals surface area contributed by atoms with Gasteiger partial charge in [0.05, 0.1) is 13.2 Å². The van der Waals surface area contributed by atoms with Crippen molar-refractivity contribution in [2.24, 2.45) is 0 Å². The fraction of sp³-hybridized carbons (Fsp3) is 0.0833. The van der Waals surface area contributed by atoms with Gasteiger partial charge in [0.15, 0.2) is 0 Å². The van der Waals surface area contributed by atoms with Gasteiger partial charge in [-0.25, -0.2) is 4.79 Å². The zero-order valence-corrected chi connectivity index (χ0v) is 9.14. The Morgan fingerprint density at radius 1 is 1.35 bits per heavy atom. The van der Waals surface area contributed by atoms with Crippen LogP contribution in [0.25, 0.3) is 0 Å². The number of allylic oxidation sites excluding steroid dienone is 1. The fourth-order valence-electron chi connectivity index (χ4n) is 1.10. The summed E-state index contributed by atoms with van der Waals surface area (Å²) in [7, 11) is 1.17. The summed E-state index contributed by atoms with van der Waals surface area (Å²) in [5, 5.41) is 10.8. The molecule has 0 bridgehead atoms. The SMILES string of the molecule is COC(=O)/C(=C\C#N)NC(=O)c1ccccc1. The average Bonchev–Trinajstić information content (AvgIpc) is 2.38. The second-order valence-corrected chi connectivity index (χ2v) is 3.00. The Morgan fingerprint density at radius 2 is 2.00 bits per heavy atom. The highest BCUT2D eigenvalue weighted by atomic mass is 16.5. The topological polar surface area (TPSA) is 79.2 Å². The maximum absolute atomic E-state index is 11.7. The number of nitrogens with zero attached hydrogens (tertiary/aromatic N) is 1. The number of esters is 1. The van der Waals surface area contributed by atoms with Crippen molar-refractivity contribution in [1.29, 1.82) is 5.26 Å². The van der Waals surface area contributed by atoms with Crippen LogP contribution in [-0.2, 0) is 9.53 Å². The lowest BCUT2D eigenvalue weighted by molar-refractivity contribution is -0.136. The largest absolute Gasteiger partial charge is 0.464 e. The van der Waals surface area contributed by atoms with Gasteiger partial charge in [-0.15, -0.1) is 0 Å². The van der Waals surface area contributed by atoms with E-state index in [4.69, 9.17) is 5.26 Å². The van der Waals surface area contributed by atoms with Gasteiger partial charge in [0.25, 0.3) is 5.91 Å². The fourth-order valence-corrected chi connectivity index (χ4v) is 1.10. The van der Waals surface area contributed by atoms with Crippen LogP contribution in [0, 0.1) is 11.3 Å². The van der Waals surface area contributed by atoms with Crippen molar-refractivity contribution in [3.63, 3.8) is 0 Å². The number of hydrogen-bond donors (Lipinski definition) is 1. The monoisotopic (exact) mass is 230 g/mol. The minimum Gasteiger partial charge on any atom is -0.464 e. The summed E-state index contributed by atoms with van der Waals surface area (Å²) < 4.78 is 4.43. The van der Waals surface area contributed by atoms with Crippen LogP contribution in [0.2, 0.25) is 0 Å². The van der Waals surface area contributed by atoms with E-state index >= 15 is 0 Å². The van der Waals surface area contributed by atoms with Crippen LogP contribution in [0.5, 0.6) is 0 Å². The highest BCUT2D eigenvalue weighted by Crippen LogP contribution is 2.01. The normalized spacial score (nSPS) is 10.2. The quantitative estimate of drug-likeness (QED) is 0.477.